The molecule has 164 valence electrons. The van der Waals surface area contributed by atoms with E-state index in [1.807, 2.05) is 6.07 Å². The fraction of sp³-hybridized carbons (Fsp3) is 0.130. The largest absolute Gasteiger partial charge is 0.463 e. The first-order valence-corrected chi connectivity index (χ1v) is 9.97. The number of carbonyl (C=O) groups is 2. The highest BCUT2D eigenvalue weighted by molar-refractivity contribution is 6.13. The first kappa shape index (κ1) is 21.5. The molecule has 2 N–H and O–H groups in total. The zero-order valence-electron chi connectivity index (χ0n) is 17.6. The Morgan fingerprint density at radius 2 is 1.76 bits per heavy atom. The van der Waals surface area contributed by atoms with Gasteiger partial charge in [0.25, 0.3) is 17.8 Å². The van der Waals surface area contributed by atoms with Crippen LogP contribution in [0.3, 0.4) is 0 Å². The zero-order chi connectivity index (χ0) is 23.4. The number of aromatic nitrogens is 2. The summed E-state index contributed by atoms with van der Waals surface area (Å²) in [6, 6.07) is 15.5. The Morgan fingerprint density at radius 3 is 2.36 bits per heavy atom. The van der Waals surface area contributed by atoms with Crippen molar-refractivity contribution >= 4 is 34.9 Å². The summed E-state index contributed by atoms with van der Waals surface area (Å²) >= 11 is 0. The number of rotatable bonds is 5. The van der Waals surface area contributed by atoms with E-state index in [1.54, 1.807) is 60.5 Å². The smallest absolute Gasteiger partial charge is 0.289 e. The summed E-state index contributed by atoms with van der Waals surface area (Å²) in [5.41, 5.74) is 2.08. The van der Waals surface area contributed by atoms with Gasteiger partial charge in [-0.15, -0.1) is 0 Å². The maximum Gasteiger partial charge on any atom is 0.289 e. The molecule has 0 saturated carbocycles. The van der Waals surface area contributed by atoms with Gasteiger partial charge < -0.3 is 15.0 Å². The van der Waals surface area contributed by atoms with Crippen LogP contribution in [0.25, 0.3) is 0 Å². The quantitative estimate of drug-likeness (QED) is 0.621. The molecule has 0 atom stereocenters. The van der Waals surface area contributed by atoms with Crippen molar-refractivity contribution in [3.8, 4) is 6.07 Å². The Balaban J connectivity index is 1.51. The Morgan fingerprint density at radius 1 is 1.09 bits per heavy atom. The Labute approximate surface area is 189 Å². The van der Waals surface area contributed by atoms with E-state index in [0.29, 0.717) is 30.1 Å². The van der Waals surface area contributed by atoms with Crippen LogP contribution in [-0.4, -0.2) is 48.0 Å². The molecule has 33 heavy (non-hydrogen) atoms. The molecular formula is C23H19N7O3. The Hall–Kier alpha value is -4.78. The van der Waals surface area contributed by atoms with E-state index in [2.05, 4.69) is 15.3 Å². The number of nitrogens with zero attached hydrogens (tertiary/aromatic N) is 5. The van der Waals surface area contributed by atoms with Crippen molar-refractivity contribution in [2.75, 3.05) is 35.3 Å². The van der Waals surface area contributed by atoms with Crippen LogP contribution in [-0.2, 0) is 4.74 Å². The number of carbonyl (C=O) groups excluding carboxylic acids is 2. The minimum absolute atomic E-state index is 0.0842. The molecule has 4 rings (SSSR count). The minimum Gasteiger partial charge on any atom is -0.463 e. The summed E-state index contributed by atoms with van der Waals surface area (Å²) < 4.78 is 5.14. The lowest BCUT2D eigenvalue weighted by Gasteiger charge is -2.18. The first-order valence-electron chi connectivity index (χ1n) is 9.97. The van der Waals surface area contributed by atoms with E-state index in [0.717, 1.165) is 5.69 Å². The molecule has 0 unspecified atom stereocenters. The van der Waals surface area contributed by atoms with Gasteiger partial charge in [-0.05, 0) is 48.5 Å². The molecule has 1 fully saturated rings. The Kier molecular flexibility index (Phi) is 5.95. The molecule has 3 aromatic rings. The number of benzene rings is 2. The number of nitrogens with one attached hydrogen (secondary N) is 2. The lowest BCUT2D eigenvalue weighted by atomic mass is 10.2. The van der Waals surface area contributed by atoms with Gasteiger partial charge in [-0.3, -0.25) is 19.9 Å². The van der Waals surface area contributed by atoms with Gasteiger partial charge in [0.1, 0.15) is 6.61 Å². The topological polar surface area (TPSA) is 135 Å². The summed E-state index contributed by atoms with van der Waals surface area (Å²) in [6.07, 6.45) is 2.69. The molecular weight excluding hydrogens is 422 g/mol. The molecule has 0 radical (unpaired) electrons. The molecule has 1 saturated heterocycles. The number of nitriles is 1. The van der Waals surface area contributed by atoms with E-state index in [1.165, 1.54) is 17.3 Å². The van der Waals surface area contributed by atoms with Gasteiger partial charge in [0, 0.05) is 36.5 Å². The van der Waals surface area contributed by atoms with Gasteiger partial charge in [-0.25, -0.2) is 9.97 Å². The molecule has 1 aromatic heterocycles. The lowest BCUT2D eigenvalue weighted by molar-refractivity contribution is 0.0965. The molecule has 10 nitrogen and oxygen atoms in total. The van der Waals surface area contributed by atoms with Crippen LogP contribution < -0.4 is 15.1 Å². The fourth-order valence-electron chi connectivity index (χ4n) is 3.27. The summed E-state index contributed by atoms with van der Waals surface area (Å²) in [6.45, 7) is 1.04. The number of amidine groups is 1. The van der Waals surface area contributed by atoms with Gasteiger partial charge in [0.2, 0.25) is 0 Å². The standard InChI is InChI=1S/C23H19N7O3/c1-29(17-6-2-15(14-24)3-7-17)22(32)20-19(26-10-11-27-20)21(31)28-16-4-8-18(9-5-16)30-12-13-33-23(30)25/h2-11,25H,12-13H2,1H3,(H,28,31). The monoisotopic (exact) mass is 441 g/mol. The molecule has 2 amide bonds. The van der Waals surface area contributed by atoms with E-state index < -0.39 is 11.8 Å². The molecule has 0 bridgehead atoms. The van der Waals surface area contributed by atoms with Crippen LogP contribution in [0.1, 0.15) is 26.5 Å². The summed E-state index contributed by atoms with van der Waals surface area (Å²) in [7, 11) is 1.55. The second kappa shape index (κ2) is 9.15. The first-order chi connectivity index (χ1) is 16.0. The van der Waals surface area contributed by atoms with Gasteiger partial charge in [-0.1, -0.05) is 0 Å². The maximum absolute atomic E-state index is 13.0. The van der Waals surface area contributed by atoms with Gasteiger partial charge in [-0.2, -0.15) is 5.26 Å². The predicted octanol–water partition coefficient (Wildman–Crippen LogP) is 2.65. The van der Waals surface area contributed by atoms with E-state index in [9.17, 15) is 9.59 Å². The molecule has 1 aliphatic heterocycles. The number of amides is 2. The van der Waals surface area contributed by atoms with Crippen molar-refractivity contribution in [3.05, 3.63) is 77.9 Å². The third-order valence-corrected chi connectivity index (χ3v) is 5.04. The maximum atomic E-state index is 13.0. The van der Waals surface area contributed by atoms with Crippen LogP contribution in [0.2, 0.25) is 0 Å². The van der Waals surface area contributed by atoms with Crippen LogP contribution in [0.15, 0.2) is 60.9 Å². The predicted molar refractivity (Wildman–Crippen MR) is 121 cm³/mol. The normalized spacial score (nSPS) is 12.6. The highest BCUT2D eigenvalue weighted by atomic mass is 16.5. The lowest BCUT2D eigenvalue weighted by Crippen LogP contribution is -2.30. The number of ether oxygens (including phenoxy) is 1. The van der Waals surface area contributed by atoms with Crippen molar-refractivity contribution in [3.63, 3.8) is 0 Å². The molecule has 2 aromatic carbocycles. The van der Waals surface area contributed by atoms with Crippen LogP contribution in [0, 0.1) is 16.7 Å². The molecule has 10 heteroatoms. The molecule has 0 spiro atoms. The third kappa shape index (κ3) is 4.47. The van der Waals surface area contributed by atoms with Gasteiger partial charge in [0.05, 0.1) is 18.2 Å². The average Bonchev–Trinajstić information content (AvgIpc) is 3.29. The fourth-order valence-corrected chi connectivity index (χ4v) is 3.27. The molecule has 2 heterocycles. The van der Waals surface area contributed by atoms with Gasteiger partial charge in [0.15, 0.2) is 11.4 Å². The molecule has 0 aliphatic carbocycles. The second-order valence-corrected chi connectivity index (χ2v) is 7.08. The second-order valence-electron chi connectivity index (χ2n) is 7.08. The van der Waals surface area contributed by atoms with Crippen molar-refractivity contribution < 1.29 is 14.3 Å². The summed E-state index contributed by atoms with van der Waals surface area (Å²) in [4.78, 5) is 37.1. The van der Waals surface area contributed by atoms with Crippen molar-refractivity contribution in [2.24, 2.45) is 0 Å². The van der Waals surface area contributed by atoms with Crippen molar-refractivity contribution in [2.45, 2.75) is 0 Å². The average molecular weight is 441 g/mol. The number of hydrogen-bond acceptors (Lipinski definition) is 7. The number of hydrogen-bond donors (Lipinski definition) is 2. The number of anilines is 3. The van der Waals surface area contributed by atoms with E-state index >= 15 is 0 Å². The van der Waals surface area contributed by atoms with Crippen molar-refractivity contribution in [1.82, 2.24) is 9.97 Å². The van der Waals surface area contributed by atoms with Crippen LogP contribution in [0.4, 0.5) is 17.1 Å². The van der Waals surface area contributed by atoms with Crippen molar-refractivity contribution in [1.29, 1.82) is 10.7 Å². The minimum atomic E-state index is -0.579. The molecule has 1 aliphatic rings. The van der Waals surface area contributed by atoms with E-state index in [-0.39, 0.29) is 17.4 Å². The van der Waals surface area contributed by atoms with Crippen LogP contribution >= 0.6 is 0 Å². The highest BCUT2D eigenvalue weighted by Gasteiger charge is 2.24. The summed E-state index contributed by atoms with van der Waals surface area (Å²) in [5, 5.41) is 19.4. The van der Waals surface area contributed by atoms with E-state index in [4.69, 9.17) is 15.4 Å². The van der Waals surface area contributed by atoms with Gasteiger partial charge >= 0.3 is 0 Å². The Bertz CT molecular complexity index is 1250. The SMILES string of the molecule is CN(C(=O)c1nccnc1C(=O)Nc1ccc(N2CCOC2=N)cc1)c1ccc(C#N)cc1. The summed E-state index contributed by atoms with van der Waals surface area (Å²) in [5.74, 6) is -1.09. The highest BCUT2D eigenvalue weighted by Crippen LogP contribution is 2.22. The zero-order valence-corrected chi connectivity index (χ0v) is 17.6. The van der Waals surface area contributed by atoms with Crippen LogP contribution in [0.5, 0.6) is 0 Å². The third-order valence-electron chi connectivity index (χ3n) is 5.04.